The van der Waals surface area contributed by atoms with Crippen LogP contribution in [0.2, 0.25) is 5.02 Å². The number of rotatable bonds is 6. The third kappa shape index (κ3) is 4.06. The molecule has 0 radical (unpaired) electrons. The quantitative estimate of drug-likeness (QED) is 0.289. The van der Waals surface area contributed by atoms with E-state index in [-0.39, 0.29) is 22.1 Å². The number of benzene rings is 3. The van der Waals surface area contributed by atoms with Crippen molar-refractivity contribution in [2.45, 2.75) is 15.5 Å². The summed E-state index contributed by atoms with van der Waals surface area (Å²) in [6.45, 7) is 0. The van der Waals surface area contributed by atoms with Crippen molar-refractivity contribution in [2.75, 3.05) is 0 Å². The van der Waals surface area contributed by atoms with Crippen LogP contribution < -0.4 is 0 Å². The molecule has 0 spiro atoms. The molecule has 3 aromatic rings. The molecule has 3 aromatic carbocycles. The van der Waals surface area contributed by atoms with Gasteiger partial charge < -0.3 is 0 Å². The molecule has 0 saturated heterocycles. The van der Waals surface area contributed by atoms with Crippen LogP contribution in [0.3, 0.4) is 0 Å². The summed E-state index contributed by atoms with van der Waals surface area (Å²) in [4.78, 5) is 13.3. The smallest absolute Gasteiger partial charge is 0.203 e. The van der Waals surface area contributed by atoms with Gasteiger partial charge in [-0.05, 0) is 29.3 Å². The van der Waals surface area contributed by atoms with Crippen LogP contribution in [0, 0.1) is 5.92 Å². The predicted molar refractivity (Wildman–Crippen MR) is 130 cm³/mol. The van der Waals surface area contributed by atoms with Crippen LogP contribution in [0.4, 0.5) is 0 Å². The Hall–Kier alpha value is -2.66. The topological polar surface area (TPSA) is 51.2 Å². The van der Waals surface area contributed by atoms with Crippen molar-refractivity contribution < 1.29 is 13.2 Å². The molecule has 0 saturated carbocycles. The van der Waals surface area contributed by atoms with Gasteiger partial charge >= 0.3 is 0 Å². The predicted octanol–water partition coefficient (Wildman–Crippen LogP) is 6.73. The van der Waals surface area contributed by atoms with E-state index in [0.29, 0.717) is 5.56 Å². The number of halogens is 2. The number of hydrogen-bond acceptors (Lipinski definition) is 3. The van der Waals surface area contributed by atoms with Crippen molar-refractivity contribution in [2.24, 2.45) is 5.92 Å². The lowest BCUT2D eigenvalue weighted by atomic mass is 9.89. The molecule has 2 unspecified atom stereocenters. The van der Waals surface area contributed by atoms with E-state index in [4.69, 9.17) is 23.2 Å². The summed E-state index contributed by atoms with van der Waals surface area (Å²) in [7, 11) is -4.09. The molecule has 0 N–H and O–H groups in total. The monoisotopic (exact) mass is 482 g/mol. The highest BCUT2D eigenvalue weighted by Crippen LogP contribution is 2.44. The number of sulfone groups is 1. The van der Waals surface area contributed by atoms with Gasteiger partial charge in [0, 0.05) is 17.9 Å². The lowest BCUT2D eigenvalue weighted by Crippen LogP contribution is -2.40. The van der Waals surface area contributed by atoms with E-state index in [2.05, 4.69) is 0 Å². The molecule has 3 nitrogen and oxygen atoms in total. The maximum absolute atomic E-state index is 13.5. The molecule has 0 bridgehead atoms. The number of hydrogen-bond donors (Lipinski definition) is 0. The van der Waals surface area contributed by atoms with Gasteiger partial charge in [0.2, 0.25) is 9.84 Å². The fraction of sp³-hybridized carbons (Fsp3) is 0.115. The number of allylic oxidation sites excluding steroid dienone is 3. The fourth-order valence-corrected chi connectivity index (χ4v) is 6.52. The molecule has 32 heavy (non-hydrogen) atoms. The van der Waals surface area contributed by atoms with Crippen molar-refractivity contribution >= 4 is 38.8 Å². The van der Waals surface area contributed by atoms with Crippen molar-refractivity contribution in [3.63, 3.8) is 0 Å². The van der Waals surface area contributed by atoms with Crippen LogP contribution >= 0.6 is 23.2 Å². The van der Waals surface area contributed by atoms with Gasteiger partial charge in [-0.3, -0.25) is 4.79 Å². The second-order valence-corrected chi connectivity index (χ2v) is 10.9. The zero-order valence-electron chi connectivity index (χ0n) is 17.0. The minimum Gasteiger partial charge on any atom is -0.294 e. The molecular weight excluding hydrogens is 463 g/mol. The Bertz CT molecular complexity index is 1310. The fourth-order valence-electron chi connectivity index (χ4n) is 3.87. The van der Waals surface area contributed by atoms with Crippen LogP contribution in [0.5, 0.6) is 0 Å². The third-order valence-corrected chi connectivity index (χ3v) is 9.19. The highest BCUT2D eigenvalue weighted by molar-refractivity contribution is 7.94. The Morgan fingerprint density at radius 3 is 2.28 bits per heavy atom. The molecule has 2 atom stereocenters. The van der Waals surface area contributed by atoms with Gasteiger partial charge in [-0.25, -0.2) is 8.42 Å². The molecule has 0 aromatic heterocycles. The van der Waals surface area contributed by atoms with E-state index < -0.39 is 20.0 Å². The molecular formula is C26H20Cl2O3S. The summed E-state index contributed by atoms with van der Waals surface area (Å²) >= 11 is 13.0. The van der Waals surface area contributed by atoms with Crippen LogP contribution in [-0.2, 0) is 9.84 Å². The Morgan fingerprint density at radius 2 is 1.53 bits per heavy atom. The summed E-state index contributed by atoms with van der Waals surface area (Å²) < 4.78 is 25.2. The van der Waals surface area contributed by atoms with Gasteiger partial charge in [0.15, 0.2) is 9.99 Å². The van der Waals surface area contributed by atoms with E-state index in [1.54, 1.807) is 42.5 Å². The zero-order chi connectivity index (χ0) is 22.8. The highest BCUT2D eigenvalue weighted by atomic mass is 35.5. The van der Waals surface area contributed by atoms with Crippen molar-refractivity contribution in [1.82, 2.24) is 0 Å². The molecule has 0 heterocycles. The van der Waals surface area contributed by atoms with E-state index in [9.17, 15) is 13.2 Å². The van der Waals surface area contributed by atoms with Crippen molar-refractivity contribution in [1.29, 1.82) is 0 Å². The molecule has 4 rings (SSSR count). The van der Waals surface area contributed by atoms with E-state index in [1.165, 1.54) is 18.2 Å². The number of Topliss-reactive ketones (excluding diaryl/α,β-unsaturated/α-hetero) is 1. The Morgan fingerprint density at radius 1 is 0.875 bits per heavy atom. The minimum absolute atomic E-state index is 0.0567. The van der Waals surface area contributed by atoms with Crippen LogP contribution in [0.1, 0.15) is 16.8 Å². The summed E-state index contributed by atoms with van der Waals surface area (Å²) in [5.74, 6) is -0.958. The summed E-state index contributed by atoms with van der Waals surface area (Å²) in [5, 5.41) is 0.0926. The maximum Gasteiger partial charge on any atom is 0.203 e. The third-order valence-electron chi connectivity index (χ3n) is 5.54. The largest absolute Gasteiger partial charge is 0.294 e. The first-order valence-electron chi connectivity index (χ1n) is 10.1. The van der Waals surface area contributed by atoms with E-state index in [0.717, 1.165) is 11.1 Å². The van der Waals surface area contributed by atoms with Gasteiger partial charge in [0.05, 0.1) is 9.92 Å². The summed E-state index contributed by atoms with van der Waals surface area (Å²) in [5.41, 5.74) is 2.23. The molecule has 0 amide bonds. The standard InChI is InChI=1S/C26H20Cl2O3S/c27-23-15-6-7-16-25(23)32(30,31)26(28)17-9-8-12-20(26)18-24(29)22-14-5-4-13-21(22)19-10-2-1-3-11-19/h1-17,20H,18H2. The first-order chi connectivity index (χ1) is 15.3. The van der Waals surface area contributed by atoms with E-state index >= 15 is 0 Å². The maximum atomic E-state index is 13.5. The number of carbonyl (C=O) groups excluding carboxylic acids is 1. The highest BCUT2D eigenvalue weighted by Gasteiger charge is 2.48. The first kappa shape index (κ1) is 22.5. The lowest BCUT2D eigenvalue weighted by molar-refractivity contribution is 0.0969. The van der Waals surface area contributed by atoms with Gasteiger partial charge in [-0.2, -0.15) is 0 Å². The second-order valence-electron chi connectivity index (χ2n) is 7.52. The number of carbonyl (C=O) groups is 1. The van der Waals surface area contributed by atoms with Gasteiger partial charge in [0.1, 0.15) is 0 Å². The van der Waals surface area contributed by atoms with Gasteiger partial charge in [-0.1, -0.05) is 108 Å². The number of ketones is 1. The van der Waals surface area contributed by atoms with Crippen LogP contribution in [0.25, 0.3) is 11.1 Å². The molecule has 1 aliphatic carbocycles. The summed E-state index contributed by atoms with van der Waals surface area (Å²) in [6, 6.07) is 23.1. The summed E-state index contributed by atoms with van der Waals surface area (Å²) in [6.07, 6.45) is 6.32. The van der Waals surface area contributed by atoms with Crippen molar-refractivity contribution in [3.8, 4) is 11.1 Å². The SMILES string of the molecule is O=C(CC1C=CC=CC1(Cl)S(=O)(=O)c1ccccc1Cl)c1ccccc1-c1ccccc1. The zero-order valence-corrected chi connectivity index (χ0v) is 19.3. The number of alkyl halides is 1. The Kier molecular flexibility index (Phi) is 6.38. The molecule has 0 aliphatic heterocycles. The average Bonchev–Trinajstić information content (AvgIpc) is 2.81. The molecule has 0 fully saturated rings. The van der Waals surface area contributed by atoms with Crippen LogP contribution in [-0.4, -0.2) is 18.4 Å². The second kappa shape index (κ2) is 9.07. The average molecular weight is 483 g/mol. The Balaban J connectivity index is 1.71. The molecule has 162 valence electrons. The normalized spacial score (nSPS) is 20.2. The lowest BCUT2D eigenvalue weighted by Gasteiger charge is -2.32. The first-order valence-corrected chi connectivity index (χ1v) is 12.3. The molecule has 6 heteroatoms. The van der Waals surface area contributed by atoms with Crippen LogP contribution in [0.15, 0.2) is 108 Å². The Labute approximate surface area is 197 Å². The van der Waals surface area contributed by atoms with Crippen molar-refractivity contribution in [3.05, 3.63) is 114 Å². The molecule has 1 aliphatic rings. The minimum atomic E-state index is -4.09. The van der Waals surface area contributed by atoms with E-state index in [1.807, 2.05) is 42.5 Å². The van der Waals surface area contributed by atoms with Gasteiger partial charge in [0.25, 0.3) is 0 Å². The van der Waals surface area contributed by atoms with Gasteiger partial charge in [-0.15, -0.1) is 0 Å².